The Bertz CT molecular complexity index is 978. The van der Waals surface area contributed by atoms with Gasteiger partial charge in [-0.05, 0) is 18.2 Å². The molecule has 1 aromatic heterocycles. The number of amides is 2. The number of carbonyl (C=O) groups excluding carboxylic acids is 2. The Morgan fingerprint density at radius 2 is 2.10 bits per heavy atom. The minimum Gasteiger partial charge on any atom is -0.442 e. The molecular formula is C20H22FN5O4S. The first kappa shape index (κ1) is 21.0. The fraction of sp³-hybridized carbons (Fsp3) is 0.400. The molecule has 2 aliphatic rings. The second kappa shape index (κ2) is 8.88. The number of halogens is 1. The van der Waals surface area contributed by atoms with Crippen molar-refractivity contribution in [3.8, 4) is 0 Å². The summed E-state index contributed by atoms with van der Waals surface area (Å²) in [5.41, 5.74) is 0.887. The summed E-state index contributed by atoms with van der Waals surface area (Å²) in [6, 6.07) is 4.71. The maximum atomic E-state index is 14.9. The number of anilines is 2. The molecule has 0 bridgehead atoms. The lowest BCUT2D eigenvalue weighted by atomic mass is 10.2. The third-order valence-electron chi connectivity index (χ3n) is 5.25. The minimum atomic E-state index is -0.558. The summed E-state index contributed by atoms with van der Waals surface area (Å²) < 4.78 is 25.4. The summed E-state index contributed by atoms with van der Waals surface area (Å²) in [7, 11) is 0. The van der Waals surface area contributed by atoms with Crippen molar-refractivity contribution in [3.63, 3.8) is 0 Å². The van der Waals surface area contributed by atoms with Crippen molar-refractivity contribution in [2.45, 2.75) is 13.0 Å². The molecule has 4 rings (SSSR count). The first-order valence-electron chi connectivity index (χ1n) is 9.87. The molecule has 2 amide bonds. The number of aromatic nitrogens is 1. The highest BCUT2D eigenvalue weighted by Gasteiger charge is 2.33. The Morgan fingerprint density at radius 1 is 1.32 bits per heavy atom. The number of oxazole rings is 1. The predicted molar refractivity (Wildman–Crippen MR) is 115 cm³/mol. The summed E-state index contributed by atoms with van der Waals surface area (Å²) in [5, 5.41) is 2.62. The lowest BCUT2D eigenvalue weighted by Gasteiger charge is -2.37. The molecule has 2 aliphatic heterocycles. The molecule has 31 heavy (non-hydrogen) atoms. The van der Waals surface area contributed by atoms with Crippen LogP contribution in [0.1, 0.15) is 12.7 Å². The number of piperazine rings is 1. The van der Waals surface area contributed by atoms with Crippen molar-refractivity contribution in [3.05, 3.63) is 42.4 Å². The number of ether oxygens (including phenoxy) is 1. The number of hydrogen-bond donors (Lipinski definition) is 1. The number of nitrogens with one attached hydrogen (secondary N) is 1. The average Bonchev–Trinajstić information content (AvgIpc) is 3.42. The standard InChI is InChI=1S/C20H22FN5O4S/c1-13(27)23-9-15-11-26(20(28)30-15)14-2-3-17(16(21)8-14)24-4-6-25(7-5-24)19(31)18-10-22-12-29-18/h2-3,8,10,12,15H,4-7,9,11H2,1H3,(H,23,27)/t15-/m0/s1. The van der Waals surface area contributed by atoms with Crippen molar-refractivity contribution < 1.29 is 23.1 Å². The highest BCUT2D eigenvalue weighted by Crippen LogP contribution is 2.28. The van der Waals surface area contributed by atoms with Gasteiger partial charge in [0.1, 0.15) is 16.9 Å². The van der Waals surface area contributed by atoms with E-state index in [-0.39, 0.29) is 19.0 Å². The SMILES string of the molecule is CC(=O)NC[C@H]1CN(c2ccc(N3CCN(C(=S)c4cnco4)CC3)c(F)c2)C(=O)O1. The zero-order valence-electron chi connectivity index (χ0n) is 16.9. The van der Waals surface area contributed by atoms with Crippen molar-refractivity contribution >= 4 is 40.6 Å². The molecule has 0 radical (unpaired) electrons. The van der Waals surface area contributed by atoms with E-state index in [0.717, 1.165) is 0 Å². The van der Waals surface area contributed by atoms with Crippen molar-refractivity contribution in [1.82, 2.24) is 15.2 Å². The second-order valence-corrected chi connectivity index (χ2v) is 7.72. The van der Waals surface area contributed by atoms with Gasteiger partial charge < -0.3 is 24.3 Å². The van der Waals surface area contributed by atoms with E-state index in [0.29, 0.717) is 48.3 Å². The minimum absolute atomic E-state index is 0.202. The van der Waals surface area contributed by atoms with E-state index >= 15 is 0 Å². The number of benzene rings is 1. The molecule has 1 aromatic carbocycles. The maximum absolute atomic E-state index is 14.9. The van der Waals surface area contributed by atoms with Crippen LogP contribution in [0.3, 0.4) is 0 Å². The molecule has 0 spiro atoms. The van der Waals surface area contributed by atoms with Crippen molar-refractivity contribution in [1.29, 1.82) is 0 Å². The van der Waals surface area contributed by atoms with Crippen LogP contribution in [0.25, 0.3) is 0 Å². The van der Waals surface area contributed by atoms with Gasteiger partial charge in [-0.3, -0.25) is 9.69 Å². The fourth-order valence-corrected chi connectivity index (χ4v) is 3.93. The monoisotopic (exact) mass is 447 g/mol. The quantitative estimate of drug-likeness (QED) is 0.694. The molecule has 164 valence electrons. The topological polar surface area (TPSA) is 91.2 Å². The molecular weight excluding hydrogens is 425 g/mol. The molecule has 3 heterocycles. The number of rotatable bonds is 5. The molecule has 0 unspecified atom stereocenters. The van der Waals surface area contributed by atoms with E-state index in [4.69, 9.17) is 21.4 Å². The number of nitrogens with zero attached hydrogens (tertiary/aromatic N) is 4. The molecule has 2 aromatic rings. The van der Waals surface area contributed by atoms with Gasteiger partial charge in [0, 0.05) is 33.1 Å². The molecule has 0 saturated carbocycles. The van der Waals surface area contributed by atoms with Crippen LogP contribution in [0.15, 0.2) is 35.2 Å². The van der Waals surface area contributed by atoms with Crippen LogP contribution >= 0.6 is 12.2 Å². The average molecular weight is 447 g/mol. The van der Waals surface area contributed by atoms with E-state index in [1.807, 2.05) is 9.80 Å². The summed E-state index contributed by atoms with van der Waals surface area (Å²) >= 11 is 5.43. The van der Waals surface area contributed by atoms with Crippen LogP contribution in [0, 0.1) is 5.82 Å². The Balaban J connectivity index is 1.38. The van der Waals surface area contributed by atoms with Gasteiger partial charge in [-0.15, -0.1) is 0 Å². The summed E-state index contributed by atoms with van der Waals surface area (Å²) in [6.45, 7) is 4.30. The molecule has 2 saturated heterocycles. The first-order chi connectivity index (χ1) is 14.9. The van der Waals surface area contributed by atoms with Gasteiger partial charge in [0.15, 0.2) is 12.2 Å². The van der Waals surface area contributed by atoms with Gasteiger partial charge in [0.05, 0.1) is 30.7 Å². The lowest BCUT2D eigenvalue weighted by Crippen LogP contribution is -2.48. The Morgan fingerprint density at radius 3 is 2.74 bits per heavy atom. The van der Waals surface area contributed by atoms with Crippen LogP contribution in [-0.4, -0.2) is 72.2 Å². The van der Waals surface area contributed by atoms with Gasteiger partial charge in [-0.1, -0.05) is 12.2 Å². The van der Waals surface area contributed by atoms with Crippen LogP contribution in [0.2, 0.25) is 0 Å². The lowest BCUT2D eigenvalue weighted by molar-refractivity contribution is -0.119. The highest BCUT2D eigenvalue weighted by atomic mass is 32.1. The van der Waals surface area contributed by atoms with Crippen LogP contribution in [-0.2, 0) is 9.53 Å². The predicted octanol–water partition coefficient (Wildman–Crippen LogP) is 1.77. The van der Waals surface area contributed by atoms with E-state index in [1.165, 1.54) is 24.3 Å². The van der Waals surface area contributed by atoms with Crippen LogP contribution < -0.4 is 15.1 Å². The normalized spacial score (nSPS) is 18.8. The maximum Gasteiger partial charge on any atom is 0.414 e. The summed E-state index contributed by atoms with van der Waals surface area (Å²) in [5.74, 6) is -0.0678. The van der Waals surface area contributed by atoms with Gasteiger partial charge in [-0.2, -0.15) is 0 Å². The Hall–Kier alpha value is -3.21. The van der Waals surface area contributed by atoms with Gasteiger partial charge >= 0.3 is 6.09 Å². The molecule has 2 fully saturated rings. The number of hydrogen-bond acceptors (Lipinski definition) is 7. The number of thiocarbonyl (C=S) groups is 1. The largest absolute Gasteiger partial charge is 0.442 e. The van der Waals surface area contributed by atoms with Crippen LogP contribution in [0.5, 0.6) is 0 Å². The molecule has 11 heteroatoms. The number of cyclic esters (lactones) is 1. The van der Waals surface area contributed by atoms with E-state index in [2.05, 4.69) is 10.3 Å². The summed E-state index contributed by atoms with van der Waals surface area (Å²) in [6.07, 6.45) is 1.89. The van der Waals surface area contributed by atoms with Crippen LogP contribution in [0.4, 0.5) is 20.6 Å². The Labute approximate surface area is 183 Å². The molecule has 9 nitrogen and oxygen atoms in total. The molecule has 1 N–H and O–H groups in total. The fourth-order valence-electron chi connectivity index (χ4n) is 3.64. The van der Waals surface area contributed by atoms with Gasteiger partial charge in [-0.25, -0.2) is 14.2 Å². The number of carbonyl (C=O) groups is 2. The molecule has 1 atom stereocenters. The zero-order chi connectivity index (χ0) is 22.0. The van der Waals surface area contributed by atoms with E-state index in [1.54, 1.807) is 18.3 Å². The van der Waals surface area contributed by atoms with Crippen molar-refractivity contribution in [2.24, 2.45) is 0 Å². The van der Waals surface area contributed by atoms with E-state index in [9.17, 15) is 14.0 Å². The van der Waals surface area contributed by atoms with Gasteiger partial charge in [0.25, 0.3) is 0 Å². The summed E-state index contributed by atoms with van der Waals surface area (Å²) in [4.78, 5) is 33.0. The first-order valence-corrected chi connectivity index (χ1v) is 10.3. The second-order valence-electron chi connectivity index (χ2n) is 7.33. The smallest absolute Gasteiger partial charge is 0.414 e. The van der Waals surface area contributed by atoms with Crippen molar-refractivity contribution in [2.75, 3.05) is 49.1 Å². The Kier molecular flexibility index (Phi) is 6.03. The zero-order valence-corrected chi connectivity index (χ0v) is 17.7. The third kappa shape index (κ3) is 4.61. The highest BCUT2D eigenvalue weighted by molar-refractivity contribution is 7.80. The third-order valence-corrected chi connectivity index (χ3v) is 5.71. The van der Waals surface area contributed by atoms with Gasteiger partial charge in [0.2, 0.25) is 5.91 Å². The molecule has 0 aliphatic carbocycles. The van der Waals surface area contributed by atoms with E-state index < -0.39 is 18.0 Å².